The summed E-state index contributed by atoms with van der Waals surface area (Å²) in [6.07, 6.45) is 10.6. The molecule has 1 aliphatic heterocycles. The van der Waals surface area contributed by atoms with Gasteiger partial charge >= 0.3 is 0 Å². The summed E-state index contributed by atoms with van der Waals surface area (Å²) in [6, 6.07) is 0. The van der Waals surface area contributed by atoms with Crippen molar-refractivity contribution in [3.8, 4) is 12.3 Å². The van der Waals surface area contributed by atoms with Crippen LogP contribution < -0.4 is 0 Å². The topological polar surface area (TPSA) is 0 Å². The van der Waals surface area contributed by atoms with E-state index in [4.69, 9.17) is 6.42 Å². The Kier molecular flexibility index (Phi) is 2.37. The maximum absolute atomic E-state index is 5.26. The zero-order valence-electron chi connectivity index (χ0n) is 4.98. The number of hydrogen-bond acceptors (Lipinski definition) is 0. The van der Waals surface area contributed by atoms with E-state index in [1.165, 1.54) is 25.2 Å². The second-order valence-electron chi connectivity index (χ2n) is 2.21. The summed E-state index contributed by atoms with van der Waals surface area (Å²) in [5.74, 6) is 3.44. The van der Waals surface area contributed by atoms with Crippen LogP contribution in [0.5, 0.6) is 0 Å². The predicted molar refractivity (Wildman–Crippen MR) is 39.6 cm³/mol. The lowest BCUT2D eigenvalue weighted by Gasteiger charge is -2.15. The lowest BCUT2D eigenvalue weighted by Crippen LogP contribution is -2.05. The van der Waals surface area contributed by atoms with E-state index in [9.17, 15) is 0 Å². The first-order valence-corrected chi connectivity index (χ1v) is 4.52. The summed E-state index contributed by atoms with van der Waals surface area (Å²) in [6.45, 7) is 0. The molecular formula is C7H11P. The van der Waals surface area contributed by atoms with E-state index in [2.05, 4.69) is 5.92 Å². The van der Waals surface area contributed by atoms with Gasteiger partial charge in [0.05, 0.1) is 0 Å². The molecule has 8 heavy (non-hydrogen) atoms. The summed E-state index contributed by atoms with van der Waals surface area (Å²) >= 11 is 0. The number of terminal acetylenes is 1. The first kappa shape index (κ1) is 6.12. The molecule has 1 fully saturated rings. The lowest BCUT2D eigenvalue weighted by molar-refractivity contribution is 0.644. The summed E-state index contributed by atoms with van der Waals surface area (Å²) < 4.78 is 0. The highest BCUT2D eigenvalue weighted by Crippen LogP contribution is 2.26. The Morgan fingerprint density at radius 3 is 2.88 bits per heavy atom. The molecule has 2 unspecified atom stereocenters. The van der Waals surface area contributed by atoms with E-state index >= 15 is 0 Å². The molecule has 0 N–H and O–H groups in total. The smallest absolute Gasteiger partial charge is 0.0237 e. The van der Waals surface area contributed by atoms with Crippen LogP contribution in [0.3, 0.4) is 0 Å². The molecule has 0 nitrogen and oxygen atoms in total. The molecule has 2 atom stereocenters. The summed E-state index contributed by atoms with van der Waals surface area (Å²) in [5.41, 5.74) is 0. The molecule has 44 valence electrons. The Hall–Kier alpha value is -0.0100. The van der Waals surface area contributed by atoms with Gasteiger partial charge in [-0.2, -0.15) is 0 Å². The first-order chi connectivity index (χ1) is 3.93. The van der Waals surface area contributed by atoms with Crippen LogP contribution in [-0.2, 0) is 0 Å². The van der Waals surface area contributed by atoms with Gasteiger partial charge in [-0.3, -0.25) is 0 Å². The SMILES string of the molecule is C#CC1CCCPC1. The van der Waals surface area contributed by atoms with Crippen molar-refractivity contribution in [1.29, 1.82) is 0 Å². The maximum Gasteiger partial charge on any atom is 0.0237 e. The average molecular weight is 126 g/mol. The van der Waals surface area contributed by atoms with Crippen molar-refractivity contribution in [2.45, 2.75) is 12.8 Å². The highest BCUT2D eigenvalue weighted by atomic mass is 31.1. The van der Waals surface area contributed by atoms with Crippen molar-refractivity contribution in [2.24, 2.45) is 5.92 Å². The Bertz CT molecular complexity index is 95.4. The second kappa shape index (κ2) is 3.10. The standard InChI is InChI=1S/C7H11P/c1-2-7-4-3-5-8-6-7/h1,7-8H,3-6H2. The van der Waals surface area contributed by atoms with Gasteiger partial charge in [0.25, 0.3) is 0 Å². The fourth-order valence-corrected chi connectivity index (χ4v) is 2.32. The quantitative estimate of drug-likeness (QED) is 0.342. The molecule has 0 aliphatic carbocycles. The van der Waals surface area contributed by atoms with Crippen LogP contribution in [0.25, 0.3) is 0 Å². The third kappa shape index (κ3) is 1.49. The van der Waals surface area contributed by atoms with E-state index in [1.807, 2.05) is 0 Å². The van der Waals surface area contributed by atoms with Crippen LogP contribution in [0, 0.1) is 18.3 Å². The summed E-state index contributed by atoms with van der Waals surface area (Å²) in [4.78, 5) is 0. The molecule has 0 bridgehead atoms. The Balaban J connectivity index is 2.25. The highest BCUT2D eigenvalue weighted by Gasteiger charge is 2.08. The van der Waals surface area contributed by atoms with Gasteiger partial charge < -0.3 is 0 Å². The summed E-state index contributed by atoms with van der Waals surface area (Å²) in [5, 5.41) is 0. The van der Waals surface area contributed by atoms with Crippen molar-refractivity contribution in [1.82, 2.24) is 0 Å². The van der Waals surface area contributed by atoms with Crippen molar-refractivity contribution in [2.75, 3.05) is 12.3 Å². The predicted octanol–water partition coefficient (Wildman–Crippen LogP) is 1.71. The molecule has 0 aromatic heterocycles. The molecule has 1 rings (SSSR count). The van der Waals surface area contributed by atoms with E-state index in [1.54, 1.807) is 0 Å². The van der Waals surface area contributed by atoms with Crippen molar-refractivity contribution in [3.05, 3.63) is 0 Å². The van der Waals surface area contributed by atoms with E-state index in [-0.39, 0.29) is 0 Å². The molecule has 0 amide bonds. The zero-order valence-corrected chi connectivity index (χ0v) is 5.98. The fraction of sp³-hybridized carbons (Fsp3) is 0.714. The molecule has 0 spiro atoms. The molecule has 1 aliphatic rings. The van der Waals surface area contributed by atoms with Crippen LogP contribution in [0.15, 0.2) is 0 Å². The molecule has 1 heterocycles. The molecule has 0 aromatic rings. The number of hydrogen-bond donors (Lipinski definition) is 0. The zero-order chi connectivity index (χ0) is 5.82. The van der Waals surface area contributed by atoms with Crippen LogP contribution in [0.1, 0.15) is 12.8 Å². The molecule has 0 radical (unpaired) electrons. The Morgan fingerprint density at radius 2 is 2.50 bits per heavy atom. The third-order valence-corrected chi connectivity index (χ3v) is 3.02. The number of rotatable bonds is 0. The van der Waals surface area contributed by atoms with Gasteiger partial charge in [-0.15, -0.1) is 20.9 Å². The van der Waals surface area contributed by atoms with Crippen LogP contribution in [0.2, 0.25) is 0 Å². The first-order valence-electron chi connectivity index (χ1n) is 3.10. The molecule has 1 saturated heterocycles. The fourth-order valence-electron chi connectivity index (χ4n) is 0.994. The molecule has 0 aromatic carbocycles. The second-order valence-corrected chi connectivity index (χ2v) is 3.62. The maximum atomic E-state index is 5.26. The van der Waals surface area contributed by atoms with Crippen molar-refractivity contribution >= 4 is 8.58 Å². The minimum absolute atomic E-state index is 0.627. The van der Waals surface area contributed by atoms with E-state index in [0.29, 0.717) is 5.92 Å². The van der Waals surface area contributed by atoms with Gasteiger partial charge in [0.15, 0.2) is 0 Å². The van der Waals surface area contributed by atoms with Gasteiger partial charge in [-0.05, 0) is 25.2 Å². The third-order valence-electron chi connectivity index (χ3n) is 1.53. The normalized spacial score (nSPS) is 32.1. The molecule has 0 saturated carbocycles. The van der Waals surface area contributed by atoms with E-state index < -0.39 is 0 Å². The molecular weight excluding hydrogens is 115 g/mol. The largest absolute Gasteiger partial charge is 0.121 e. The Morgan fingerprint density at radius 1 is 1.62 bits per heavy atom. The van der Waals surface area contributed by atoms with E-state index in [0.717, 1.165) is 8.58 Å². The average Bonchev–Trinajstić information content (AvgIpc) is 1.90. The van der Waals surface area contributed by atoms with Crippen LogP contribution >= 0.6 is 8.58 Å². The van der Waals surface area contributed by atoms with Crippen LogP contribution in [-0.4, -0.2) is 12.3 Å². The van der Waals surface area contributed by atoms with Gasteiger partial charge in [-0.1, -0.05) is 0 Å². The van der Waals surface area contributed by atoms with Gasteiger partial charge in [0, 0.05) is 5.92 Å². The van der Waals surface area contributed by atoms with Crippen LogP contribution in [0.4, 0.5) is 0 Å². The van der Waals surface area contributed by atoms with Crippen molar-refractivity contribution < 1.29 is 0 Å². The molecule has 1 heteroatoms. The lowest BCUT2D eigenvalue weighted by atomic mass is 10.1. The summed E-state index contributed by atoms with van der Waals surface area (Å²) in [7, 11) is 1.15. The Labute approximate surface area is 52.8 Å². The minimum atomic E-state index is 0.627. The highest BCUT2D eigenvalue weighted by molar-refractivity contribution is 7.38. The van der Waals surface area contributed by atoms with Gasteiger partial charge in [0.1, 0.15) is 0 Å². The van der Waals surface area contributed by atoms with Crippen molar-refractivity contribution in [3.63, 3.8) is 0 Å². The van der Waals surface area contributed by atoms with Gasteiger partial charge in [0.2, 0.25) is 0 Å². The van der Waals surface area contributed by atoms with Gasteiger partial charge in [-0.25, -0.2) is 0 Å². The minimum Gasteiger partial charge on any atom is -0.121 e. The monoisotopic (exact) mass is 126 g/mol.